The molecule has 1 saturated heterocycles. The van der Waals surface area contributed by atoms with Crippen molar-refractivity contribution in [2.45, 2.75) is 31.3 Å². The number of hydrogen-bond acceptors (Lipinski definition) is 3. The molecular formula is C17H19ClN2O4. The predicted molar refractivity (Wildman–Crippen MR) is 87.4 cm³/mol. The number of carboxylic acids is 1. The van der Waals surface area contributed by atoms with E-state index in [-0.39, 0.29) is 36.2 Å². The average molecular weight is 351 g/mol. The van der Waals surface area contributed by atoms with Gasteiger partial charge in [-0.1, -0.05) is 23.7 Å². The molecule has 2 fully saturated rings. The number of likely N-dealkylation sites (tertiary alicyclic amines) is 1. The number of halogens is 1. The fourth-order valence-electron chi connectivity index (χ4n) is 3.50. The third-order valence-electron chi connectivity index (χ3n) is 4.95. The van der Waals surface area contributed by atoms with E-state index in [0.717, 1.165) is 5.56 Å². The zero-order valence-corrected chi connectivity index (χ0v) is 14.0. The number of benzene rings is 1. The van der Waals surface area contributed by atoms with Gasteiger partial charge in [-0.25, -0.2) is 0 Å². The van der Waals surface area contributed by atoms with Crippen molar-refractivity contribution in [3.63, 3.8) is 0 Å². The van der Waals surface area contributed by atoms with Crippen molar-refractivity contribution in [3.8, 4) is 0 Å². The maximum atomic E-state index is 12.6. The van der Waals surface area contributed by atoms with E-state index in [2.05, 4.69) is 5.32 Å². The minimum absolute atomic E-state index is 0.0860. The molecule has 0 aromatic heterocycles. The Balaban J connectivity index is 1.72. The van der Waals surface area contributed by atoms with E-state index in [0.29, 0.717) is 17.9 Å². The SMILES string of the molecule is CN1C(=O)CC(C(=O)NC2CC(C(=O)O)C2)C1c1cccc(Cl)c1. The molecule has 1 aliphatic heterocycles. The molecule has 1 aromatic rings. The molecule has 6 nitrogen and oxygen atoms in total. The number of amides is 2. The summed E-state index contributed by atoms with van der Waals surface area (Å²) in [7, 11) is 1.69. The molecule has 0 bridgehead atoms. The number of carbonyl (C=O) groups is 3. The molecule has 24 heavy (non-hydrogen) atoms. The minimum atomic E-state index is -0.826. The van der Waals surface area contributed by atoms with Crippen LogP contribution in [0.2, 0.25) is 5.02 Å². The lowest BCUT2D eigenvalue weighted by molar-refractivity contribution is -0.146. The largest absolute Gasteiger partial charge is 0.481 e. The molecule has 7 heteroatoms. The summed E-state index contributed by atoms with van der Waals surface area (Å²) in [6, 6.07) is 6.69. The van der Waals surface area contributed by atoms with Crippen LogP contribution in [0.25, 0.3) is 0 Å². The summed E-state index contributed by atoms with van der Waals surface area (Å²) in [5, 5.41) is 12.3. The predicted octanol–water partition coefficient (Wildman–Crippen LogP) is 1.84. The zero-order chi connectivity index (χ0) is 17.4. The van der Waals surface area contributed by atoms with Crippen LogP contribution in [-0.4, -0.2) is 40.9 Å². The van der Waals surface area contributed by atoms with Gasteiger partial charge in [0.15, 0.2) is 0 Å². The second-order valence-corrected chi connectivity index (χ2v) is 6.96. The van der Waals surface area contributed by atoms with Gasteiger partial charge in [0.2, 0.25) is 11.8 Å². The van der Waals surface area contributed by atoms with Crippen LogP contribution in [-0.2, 0) is 14.4 Å². The summed E-state index contributed by atoms with van der Waals surface area (Å²) in [6.07, 6.45) is 1.04. The van der Waals surface area contributed by atoms with Gasteiger partial charge < -0.3 is 15.3 Å². The first-order valence-corrected chi connectivity index (χ1v) is 8.29. The molecule has 2 unspecified atom stereocenters. The van der Waals surface area contributed by atoms with Crippen molar-refractivity contribution in [2.75, 3.05) is 7.05 Å². The van der Waals surface area contributed by atoms with E-state index >= 15 is 0 Å². The van der Waals surface area contributed by atoms with Gasteiger partial charge in [-0.05, 0) is 30.5 Å². The van der Waals surface area contributed by atoms with Gasteiger partial charge in [0.1, 0.15) is 0 Å². The highest BCUT2D eigenvalue weighted by atomic mass is 35.5. The Labute approximate surface area is 144 Å². The van der Waals surface area contributed by atoms with Crippen LogP contribution < -0.4 is 5.32 Å². The molecule has 1 saturated carbocycles. The molecule has 1 aliphatic carbocycles. The van der Waals surface area contributed by atoms with Gasteiger partial charge in [0.25, 0.3) is 0 Å². The third kappa shape index (κ3) is 3.11. The van der Waals surface area contributed by atoms with Crippen LogP contribution in [0.4, 0.5) is 0 Å². The first kappa shape index (κ1) is 16.8. The van der Waals surface area contributed by atoms with Gasteiger partial charge in [-0.2, -0.15) is 0 Å². The van der Waals surface area contributed by atoms with E-state index in [1.54, 1.807) is 30.1 Å². The van der Waals surface area contributed by atoms with Crippen LogP contribution in [0.5, 0.6) is 0 Å². The van der Waals surface area contributed by atoms with E-state index in [9.17, 15) is 14.4 Å². The van der Waals surface area contributed by atoms with E-state index in [1.165, 1.54) is 0 Å². The first-order valence-electron chi connectivity index (χ1n) is 7.91. The number of aliphatic carboxylic acids is 1. The van der Waals surface area contributed by atoms with E-state index in [4.69, 9.17) is 16.7 Å². The van der Waals surface area contributed by atoms with E-state index in [1.807, 2.05) is 6.07 Å². The maximum absolute atomic E-state index is 12.6. The minimum Gasteiger partial charge on any atom is -0.481 e. The second-order valence-electron chi connectivity index (χ2n) is 6.53. The number of carboxylic acid groups (broad SMARTS) is 1. The molecule has 2 N–H and O–H groups in total. The van der Waals surface area contributed by atoms with E-state index < -0.39 is 11.9 Å². The third-order valence-corrected chi connectivity index (χ3v) is 5.18. The first-order chi connectivity index (χ1) is 11.4. The van der Waals surface area contributed by atoms with Gasteiger partial charge in [0.05, 0.1) is 17.9 Å². The van der Waals surface area contributed by atoms with Crippen molar-refractivity contribution in [3.05, 3.63) is 34.9 Å². The molecular weight excluding hydrogens is 332 g/mol. The fourth-order valence-corrected chi connectivity index (χ4v) is 3.70. The average Bonchev–Trinajstić information content (AvgIpc) is 2.78. The van der Waals surface area contributed by atoms with Crippen LogP contribution in [0, 0.1) is 11.8 Å². The van der Waals surface area contributed by atoms with Crippen molar-refractivity contribution >= 4 is 29.4 Å². The molecule has 1 aromatic carbocycles. The van der Waals surface area contributed by atoms with Crippen LogP contribution in [0.1, 0.15) is 30.9 Å². The Bertz CT molecular complexity index is 687. The monoisotopic (exact) mass is 350 g/mol. The number of nitrogens with one attached hydrogen (secondary N) is 1. The summed E-state index contributed by atoms with van der Waals surface area (Å²) in [5.41, 5.74) is 0.827. The maximum Gasteiger partial charge on any atom is 0.306 e. The van der Waals surface area contributed by atoms with Crippen molar-refractivity contribution in [2.24, 2.45) is 11.8 Å². The second kappa shape index (κ2) is 6.43. The molecule has 0 spiro atoms. The molecule has 1 heterocycles. The Kier molecular flexibility index (Phi) is 4.49. The molecule has 0 radical (unpaired) electrons. The number of nitrogens with zero attached hydrogens (tertiary/aromatic N) is 1. The van der Waals surface area contributed by atoms with Gasteiger partial charge in [0, 0.05) is 24.5 Å². The Hall–Kier alpha value is -2.08. The quantitative estimate of drug-likeness (QED) is 0.867. The summed E-state index contributed by atoms with van der Waals surface area (Å²) < 4.78 is 0. The standard InChI is InChI=1S/C17H19ClN2O4/c1-20-14(21)8-13(15(20)9-3-2-4-11(18)5-9)16(22)19-12-6-10(7-12)17(23)24/h2-5,10,12-13,15H,6-8H2,1H3,(H,19,22)(H,23,24). The molecule has 2 amide bonds. The summed E-state index contributed by atoms with van der Waals surface area (Å²) in [5.74, 6) is -1.99. The van der Waals surface area contributed by atoms with Gasteiger partial charge in [-0.3, -0.25) is 14.4 Å². The highest BCUT2D eigenvalue weighted by molar-refractivity contribution is 6.30. The Morgan fingerprint density at radius 3 is 2.67 bits per heavy atom. The Morgan fingerprint density at radius 1 is 1.33 bits per heavy atom. The lowest BCUT2D eigenvalue weighted by atomic mass is 9.80. The Morgan fingerprint density at radius 2 is 2.04 bits per heavy atom. The molecule has 3 rings (SSSR count). The normalized spacial score (nSPS) is 29.2. The van der Waals surface area contributed by atoms with Crippen molar-refractivity contribution in [1.82, 2.24) is 10.2 Å². The van der Waals surface area contributed by atoms with Crippen LogP contribution in [0.15, 0.2) is 24.3 Å². The summed E-state index contributed by atoms with van der Waals surface area (Å²) in [6.45, 7) is 0. The van der Waals surface area contributed by atoms with Crippen molar-refractivity contribution < 1.29 is 19.5 Å². The lowest BCUT2D eigenvalue weighted by Crippen LogP contribution is -2.49. The van der Waals surface area contributed by atoms with Gasteiger partial charge >= 0.3 is 5.97 Å². The number of rotatable bonds is 4. The lowest BCUT2D eigenvalue weighted by Gasteiger charge is -2.34. The highest BCUT2D eigenvalue weighted by Crippen LogP contribution is 2.38. The molecule has 2 aliphatic rings. The molecule has 2 atom stereocenters. The zero-order valence-electron chi connectivity index (χ0n) is 13.2. The topological polar surface area (TPSA) is 86.7 Å². The molecule has 128 valence electrons. The van der Waals surface area contributed by atoms with Gasteiger partial charge in [-0.15, -0.1) is 0 Å². The summed E-state index contributed by atoms with van der Waals surface area (Å²) in [4.78, 5) is 37.1. The van der Waals surface area contributed by atoms with Crippen molar-refractivity contribution in [1.29, 1.82) is 0 Å². The summed E-state index contributed by atoms with van der Waals surface area (Å²) >= 11 is 6.04. The number of carbonyl (C=O) groups excluding carboxylic acids is 2. The fraction of sp³-hybridized carbons (Fsp3) is 0.471. The smallest absolute Gasteiger partial charge is 0.306 e. The van der Waals surface area contributed by atoms with Crippen LogP contribution in [0.3, 0.4) is 0 Å². The highest BCUT2D eigenvalue weighted by Gasteiger charge is 2.44. The number of hydrogen-bond donors (Lipinski definition) is 2. The van der Waals surface area contributed by atoms with Crippen LogP contribution >= 0.6 is 11.6 Å².